The van der Waals surface area contributed by atoms with Gasteiger partial charge < -0.3 is 4.90 Å². The Bertz CT molecular complexity index is 237. The summed E-state index contributed by atoms with van der Waals surface area (Å²) >= 11 is 0. The van der Waals surface area contributed by atoms with E-state index in [1.807, 2.05) is 0 Å². The molecule has 66 valence electrons. The average molecular weight is 160 g/mol. The van der Waals surface area contributed by atoms with Crippen molar-refractivity contribution in [1.82, 2.24) is 9.80 Å². The fourth-order valence-electron chi connectivity index (χ4n) is 1.08. The van der Waals surface area contributed by atoms with Crippen LogP contribution in [0.3, 0.4) is 0 Å². The predicted octanol–water partition coefficient (Wildman–Crippen LogP) is 1.03. The molecule has 11 heavy (non-hydrogen) atoms. The number of likely N-dealkylation sites (N-methyl/N-ethyl adjacent to an activating group) is 1. The van der Waals surface area contributed by atoms with Gasteiger partial charge in [0.1, 0.15) is 0 Å². The van der Waals surface area contributed by atoms with Gasteiger partial charge in [0.25, 0.3) is 0 Å². The molecule has 1 fully saturated rings. The van der Waals surface area contributed by atoms with Crippen LogP contribution in [0.15, 0.2) is 0 Å². The monoisotopic (exact) mass is 160 g/mol. The molecule has 0 saturated carbocycles. The second kappa shape index (κ2) is 2.76. The first kappa shape index (κ1) is 4.83. The first-order chi connectivity index (χ1) is 6.47. The van der Waals surface area contributed by atoms with Crippen LogP contribution in [0.5, 0.6) is 0 Å². The van der Waals surface area contributed by atoms with Crippen LogP contribution in [0.4, 0.5) is 0 Å². The number of hydrogen-bond donors (Lipinski definition) is 0. The first-order valence-electron chi connectivity index (χ1n) is 5.96. The Morgan fingerprint density at radius 1 is 1.55 bits per heavy atom. The van der Waals surface area contributed by atoms with Crippen LogP contribution in [0.1, 0.15) is 26.3 Å². The van der Waals surface area contributed by atoms with E-state index in [1.165, 1.54) is 11.9 Å². The van der Waals surface area contributed by atoms with Crippen LogP contribution >= 0.6 is 0 Å². The molecule has 0 amide bonds. The summed E-state index contributed by atoms with van der Waals surface area (Å²) in [7, 11) is 1.50. The molecule has 2 heteroatoms. The van der Waals surface area contributed by atoms with Gasteiger partial charge in [-0.1, -0.05) is 0 Å². The van der Waals surface area contributed by atoms with Crippen molar-refractivity contribution >= 4 is 0 Å². The molecular formula is C9H20N2. The highest BCUT2D eigenvalue weighted by Crippen LogP contribution is 2.22. The lowest BCUT2D eigenvalue weighted by molar-refractivity contribution is -0.00401. The molecule has 1 aliphatic rings. The first-order valence-corrected chi connectivity index (χ1v) is 3.96. The summed E-state index contributed by atoms with van der Waals surface area (Å²) in [6.45, 7) is 5.02. The Kier molecular flexibility index (Phi) is 1.21. The zero-order valence-corrected chi connectivity index (χ0v) is 7.81. The van der Waals surface area contributed by atoms with Gasteiger partial charge in [-0.25, -0.2) is 0 Å². The minimum Gasteiger partial charge on any atom is -0.304 e. The van der Waals surface area contributed by atoms with Gasteiger partial charge in [-0.15, -0.1) is 0 Å². The summed E-state index contributed by atoms with van der Waals surface area (Å²) in [6, 6.07) is -0.960. The van der Waals surface area contributed by atoms with Crippen LogP contribution in [0, 0.1) is 0 Å². The summed E-state index contributed by atoms with van der Waals surface area (Å²) in [5, 5.41) is 0. The Balaban J connectivity index is 2.62. The molecule has 0 aromatic carbocycles. The van der Waals surface area contributed by atoms with E-state index in [4.69, 9.17) is 5.48 Å². The highest BCUT2D eigenvalue weighted by Gasteiger charge is 2.34. The molecule has 0 aliphatic carbocycles. The van der Waals surface area contributed by atoms with Gasteiger partial charge in [0.2, 0.25) is 0 Å². The van der Waals surface area contributed by atoms with E-state index >= 15 is 0 Å². The number of nitrogens with zero attached hydrogens (tertiary/aromatic N) is 2. The molecule has 0 aromatic heterocycles. The molecule has 0 radical (unpaired) electrons. The van der Waals surface area contributed by atoms with Crippen molar-refractivity contribution in [2.24, 2.45) is 0 Å². The zero-order valence-electron chi connectivity index (χ0n) is 11.8. The molecule has 1 heterocycles. The maximum atomic E-state index is 8.06. The van der Waals surface area contributed by atoms with E-state index in [9.17, 15) is 0 Å². The topological polar surface area (TPSA) is 6.48 Å². The van der Waals surface area contributed by atoms with Gasteiger partial charge in [-0.05, 0) is 34.8 Å². The molecule has 0 aromatic rings. The Hall–Kier alpha value is -0.0800. The Labute approximate surface area is 75.8 Å². The van der Waals surface area contributed by atoms with Crippen molar-refractivity contribution in [2.75, 3.05) is 27.1 Å². The minimum absolute atomic E-state index is 0.0140. The quantitative estimate of drug-likeness (QED) is 0.565. The summed E-state index contributed by atoms with van der Waals surface area (Å²) in [5.41, 5.74) is 0.0140. The van der Waals surface area contributed by atoms with Crippen LogP contribution in [0.2, 0.25) is 0 Å². The molecule has 1 saturated heterocycles. The fourth-order valence-corrected chi connectivity index (χ4v) is 1.08. The molecule has 1 rings (SSSR count). The van der Waals surface area contributed by atoms with Crippen LogP contribution < -0.4 is 0 Å². The largest absolute Gasteiger partial charge is 0.304 e. The highest BCUT2D eigenvalue weighted by molar-refractivity contribution is 4.92. The molecule has 1 aliphatic heterocycles. The van der Waals surface area contributed by atoms with Gasteiger partial charge in [-0.3, -0.25) is 4.90 Å². The lowest BCUT2D eigenvalue weighted by Crippen LogP contribution is -2.63. The second-order valence-electron chi connectivity index (χ2n) is 4.15. The molecule has 0 unspecified atom stereocenters. The second-order valence-corrected chi connectivity index (χ2v) is 4.15. The van der Waals surface area contributed by atoms with Crippen molar-refractivity contribution in [1.29, 1.82) is 0 Å². The standard InChI is InChI=1S/C9H20N2/c1-9(2,3)11-6-8(7-11)10(4)5/h8H,6-7H2,1-5H3/i4D3,8D. The van der Waals surface area contributed by atoms with Crippen LogP contribution in [0.25, 0.3) is 0 Å². The van der Waals surface area contributed by atoms with E-state index in [2.05, 4.69) is 25.7 Å². The number of rotatable bonds is 1. The van der Waals surface area contributed by atoms with E-state index in [-0.39, 0.29) is 5.54 Å². The van der Waals surface area contributed by atoms with Crippen molar-refractivity contribution in [2.45, 2.75) is 32.3 Å². The van der Waals surface area contributed by atoms with Gasteiger partial charge in [-0.2, -0.15) is 0 Å². The lowest BCUT2D eigenvalue weighted by atomic mass is 9.97. The van der Waals surface area contributed by atoms with Crippen molar-refractivity contribution in [3.63, 3.8) is 0 Å². The average Bonchev–Trinajstić information content (AvgIpc) is 1.93. The van der Waals surface area contributed by atoms with E-state index in [1.54, 1.807) is 0 Å². The van der Waals surface area contributed by atoms with E-state index in [0.717, 1.165) is 0 Å². The molecule has 0 bridgehead atoms. The third-order valence-electron chi connectivity index (χ3n) is 2.17. The summed E-state index contributed by atoms with van der Waals surface area (Å²) in [5.74, 6) is 0. The minimum atomic E-state index is -2.17. The highest BCUT2D eigenvalue weighted by atomic mass is 15.3. The normalized spacial score (nSPS) is 31.7. The summed E-state index contributed by atoms with van der Waals surface area (Å²) in [4.78, 5) is 3.30. The van der Waals surface area contributed by atoms with Crippen molar-refractivity contribution < 1.29 is 5.48 Å². The van der Waals surface area contributed by atoms with Crippen molar-refractivity contribution in [3.8, 4) is 0 Å². The van der Waals surface area contributed by atoms with Gasteiger partial charge in [0, 0.05) is 30.1 Å². The smallest absolute Gasteiger partial charge is 0.0494 e. The number of likely N-dealkylation sites (tertiary alicyclic amines) is 1. The van der Waals surface area contributed by atoms with Gasteiger partial charge in [0.15, 0.2) is 0 Å². The number of hydrogen-bond acceptors (Lipinski definition) is 2. The van der Waals surface area contributed by atoms with Gasteiger partial charge >= 0.3 is 0 Å². The van der Waals surface area contributed by atoms with Crippen molar-refractivity contribution in [3.05, 3.63) is 0 Å². The third kappa shape index (κ3) is 1.94. The third-order valence-corrected chi connectivity index (χ3v) is 2.17. The fraction of sp³-hybridized carbons (Fsp3) is 1.00. The SMILES string of the molecule is [2H]C([2H])([2H])N(C)C1([2H])CN(C(C)(C)C)C1. The predicted molar refractivity (Wildman–Crippen MR) is 48.8 cm³/mol. The lowest BCUT2D eigenvalue weighted by Gasteiger charge is -2.49. The summed E-state index contributed by atoms with van der Waals surface area (Å²) < 4.78 is 29.9. The summed E-state index contributed by atoms with van der Waals surface area (Å²) in [6.07, 6.45) is 0. The zero-order chi connectivity index (χ0) is 12.1. The molecule has 0 spiro atoms. The Morgan fingerprint density at radius 2 is 2.09 bits per heavy atom. The van der Waals surface area contributed by atoms with Crippen LogP contribution in [-0.4, -0.2) is 48.5 Å². The molecular weight excluding hydrogens is 136 g/mol. The Morgan fingerprint density at radius 3 is 2.45 bits per heavy atom. The molecule has 2 nitrogen and oxygen atoms in total. The maximum Gasteiger partial charge on any atom is 0.0494 e. The van der Waals surface area contributed by atoms with E-state index < -0.39 is 13.0 Å². The maximum absolute atomic E-state index is 8.06. The van der Waals surface area contributed by atoms with Gasteiger partial charge in [0.05, 0.1) is 0 Å². The molecule has 0 atom stereocenters. The molecule has 0 N–H and O–H groups in total. The van der Waals surface area contributed by atoms with Crippen LogP contribution in [-0.2, 0) is 0 Å². The van der Waals surface area contributed by atoms with E-state index in [0.29, 0.717) is 13.1 Å².